The summed E-state index contributed by atoms with van der Waals surface area (Å²) in [6, 6.07) is 5.38. The van der Waals surface area contributed by atoms with Crippen LogP contribution in [0.25, 0.3) is 0 Å². The van der Waals surface area contributed by atoms with Crippen LogP contribution in [0.2, 0.25) is 0 Å². The molecule has 0 saturated heterocycles. The molecule has 0 aliphatic carbocycles. The van der Waals surface area contributed by atoms with E-state index >= 15 is 0 Å². The third-order valence-corrected chi connectivity index (χ3v) is 2.02. The van der Waals surface area contributed by atoms with E-state index in [1.54, 1.807) is 13.1 Å². The van der Waals surface area contributed by atoms with Crippen molar-refractivity contribution in [2.75, 3.05) is 13.7 Å². The second-order valence-electron chi connectivity index (χ2n) is 3.07. The standard InChI is InChI=1S/C12H13NO2/c1-9-5-6-10(4-3-7-14)8-11(9)12(15)13-2/h5-6,8,14H,7H2,1-2H3,(H,13,15). The second-order valence-corrected chi connectivity index (χ2v) is 3.07. The highest BCUT2D eigenvalue weighted by molar-refractivity contribution is 5.95. The highest BCUT2D eigenvalue weighted by Crippen LogP contribution is 2.10. The average molecular weight is 203 g/mol. The van der Waals surface area contributed by atoms with Crippen molar-refractivity contribution in [3.8, 4) is 11.8 Å². The summed E-state index contributed by atoms with van der Waals surface area (Å²) in [7, 11) is 1.59. The van der Waals surface area contributed by atoms with Gasteiger partial charge in [-0.3, -0.25) is 4.79 Å². The van der Waals surface area contributed by atoms with Gasteiger partial charge >= 0.3 is 0 Å². The van der Waals surface area contributed by atoms with Gasteiger partial charge in [0, 0.05) is 18.2 Å². The molecule has 0 aliphatic rings. The molecule has 0 aromatic heterocycles. The van der Waals surface area contributed by atoms with Gasteiger partial charge in [-0.1, -0.05) is 17.9 Å². The number of hydrogen-bond acceptors (Lipinski definition) is 2. The third kappa shape index (κ3) is 2.83. The van der Waals surface area contributed by atoms with Crippen LogP contribution >= 0.6 is 0 Å². The van der Waals surface area contributed by atoms with Gasteiger partial charge in [0.15, 0.2) is 0 Å². The Kier molecular flexibility index (Phi) is 3.90. The maximum Gasteiger partial charge on any atom is 0.251 e. The molecule has 3 heteroatoms. The van der Waals surface area contributed by atoms with Crippen LogP contribution < -0.4 is 5.32 Å². The summed E-state index contributed by atoms with van der Waals surface area (Å²) in [5.74, 6) is 5.18. The number of aliphatic hydroxyl groups is 1. The minimum absolute atomic E-state index is 0.125. The minimum atomic E-state index is -0.177. The van der Waals surface area contributed by atoms with Gasteiger partial charge in [-0.2, -0.15) is 0 Å². The quantitative estimate of drug-likeness (QED) is 0.660. The van der Waals surface area contributed by atoms with Crippen molar-refractivity contribution >= 4 is 5.91 Å². The summed E-state index contributed by atoms with van der Waals surface area (Å²) in [4.78, 5) is 11.5. The Bertz CT molecular complexity index is 427. The Balaban J connectivity index is 3.10. The zero-order valence-electron chi connectivity index (χ0n) is 8.79. The van der Waals surface area contributed by atoms with Crippen molar-refractivity contribution in [3.05, 3.63) is 34.9 Å². The van der Waals surface area contributed by atoms with E-state index in [1.165, 1.54) is 0 Å². The van der Waals surface area contributed by atoms with Crippen LogP contribution in [0.15, 0.2) is 18.2 Å². The van der Waals surface area contributed by atoms with E-state index in [0.29, 0.717) is 5.56 Å². The van der Waals surface area contributed by atoms with E-state index < -0.39 is 0 Å². The largest absolute Gasteiger partial charge is 0.384 e. The van der Waals surface area contributed by atoms with E-state index in [0.717, 1.165) is 11.1 Å². The number of aliphatic hydroxyl groups excluding tert-OH is 1. The smallest absolute Gasteiger partial charge is 0.251 e. The van der Waals surface area contributed by atoms with Gasteiger partial charge < -0.3 is 10.4 Å². The SMILES string of the molecule is CNC(=O)c1cc(C#CCO)ccc1C. The Labute approximate surface area is 89.1 Å². The molecule has 0 spiro atoms. The maximum atomic E-state index is 11.5. The molecule has 1 amide bonds. The molecule has 0 saturated carbocycles. The molecule has 1 rings (SSSR count). The predicted octanol–water partition coefficient (Wildman–Crippen LogP) is 0.698. The van der Waals surface area contributed by atoms with Gasteiger partial charge in [-0.05, 0) is 24.6 Å². The van der Waals surface area contributed by atoms with Crippen LogP contribution in [0.1, 0.15) is 21.5 Å². The van der Waals surface area contributed by atoms with Gasteiger partial charge in [0.05, 0.1) is 0 Å². The zero-order valence-corrected chi connectivity index (χ0v) is 8.79. The van der Waals surface area contributed by atoms with Crippen molar-refractivity contribution in [1.29, 1.82) is 0 Å². The van der Waals surface area contributed by atoms with Crippen LogP contribution in [-0.4, -0.2) is 24.7 Å². The zero-order chi connectivity index (χ0) is 11.3. The number of carbonyl (C=O) groups excluding carboxylic acids is 1. The van der Waals surface area contributed by atoms with Crippen LogP contribution in [0.3, 0.4) is 0 Å². The predicted molar refractivity (Wildman–Crippen MR) is 58.5 cm³/mol. The molecule has 0 heterocycles. The van der Waals surface area contributed by atoms with E-state index in [2.05, 4.69) is 17.2 Å². The topological polar surface area (TPSA) is 49.3 Å². The summed E-state index contributed by atoms with van der Waals surface area (Å²) in [5.41, 5.74) is 2.25. The lowest BCUT2D eigenvalue weighted by Gasteiger charge is -2.04. The van der Waals surface area contributed by atoms with Crippen molar-refractivity contribution in [2.24, 2.45) is 0 Å². The summed E-state index contributed by atoms with van der Waals surface area (Å²) in [6.45, 7) is 1.69. The number of benzene rings is 1. The minimum Gasteiger partial charge on any atom is -0.384 e. The Morgan fingerprint density at radius 2 is 2.27 bits per heavy atom. The van der Waals surface area contributed by atoms with Gasteiger partial charge in [-0.15, -0.1) is 0 Å². The first-order valence-corrected chi connectivity index (χ1v) is 4.61. The second kappa shape index (κ2) is 5.18. The normalized spacial score (nSPS) is 9.00. The van der Waals surface area contributed by atoms with Gasteiger partial charge in [0.2, 0.25) is 0 Å². The van der Waals surface area contributed by atoms with Crippen LogP contribution in [0.4, 0.5) is 0 Å². The van der Waals surface area contributed by atoms with Crippen molar-refractivity contribution < 1.29 is 9.90 Å². The Morgan fingerprint density at radius 3 is 2.87 bits per heavy atom. The molecule has 3 nitrogen and oxygen atoms in total. The molecule has 78 valence electrons. The van der Waals surface area contributed by atoms with Crippen molar-refractivity contribution in [1.82, 2.24) is 5.32 Å². The fourth-order valence-electron chi connectivity index (χ4n) is 1.22. The number of hydrogen-bond donors (Lipinski definition) is 2. The fourth-order valence-corrected chi connectivity index (χ4v) is 1.22. The highest BCUT2D eigenvalue weighted by atomic mass is 16.2. The van der Waals surface area contributed by atoms with Gasteiger partial charge in [0.25, 0.3) is 5.91 Å². The van der Waals surface area contributed by atoms with Gasteiger partial charge in [-0.25, -0.2) is 0 Å². The van der Waals surface area contributed by atoms with Crippen molar-refractivity contribution in [2.45, 2.75) is 6.92 Å². The molecule has 1 aromatic rings. The highest BCUT2D eigenvalue weighted by Gasteiger charge is 2.06. The Hall–Kier alpha value is -1.79. The van der Waals surface area contributed by atoms with E-state index in [4.69, 9.17) is 5.11 Å². The summed E-state index contributed by atoms with van der Waals surface area (Å²) < 4.78 is 0. The lowest BCUT2D eigenvalue weighted by Crippen LogP contribution is -2.19. The molecule has 0 unspecified atom stereocenters. The lowest BCUT2D eigenvalue weighted by molar-refractivity contribution is 0.0962. The number of aryl methyl sites for hydroxylation is 1. The maximum absolute atomic E-state index is 11.5. The van der Waals surface area contributed by atoms with Crippen LogP contribution in [-0.2, 0) is 0 Å². The third-order valence-electron chi connectivity index (χ3n) is 2.02. The molecule has 0 radical (unpaired) electrons. The summed E-state index contributed by atoms with van der Waals surface area (Å²) >= 11 is 0. The summed E-state index contributed by atoms with van der Waals surface area (Å²) in [5, 5.41) is 11.1. The van der Waals surface area contributed by atoms with Crippen LogP contribution in [0, 0.1) is 18.8 Å². The number of nitrogens with one attached hydrogen (secondary N) is 1. The van der Waals surface area contributed by atoms with Crippen molar-refractivity contribution in [3.63, 3.8) is 0 Å². The molecular weight excluding hydrogens is 190 g/mol. The molecule has 0 aliphatic heterocycles. The molecule has 2 N–H and O–H groups in total. The molecule has 0 bridgehead atoms. The van der Waals surface area contributed by atoms with Crippen LogP contribution in [0.5, 0.6) is 0 Å². The first kappa shape index (κ1) is 11.3. The van der Waals surface area contributed by atoms with E-state index in [9.17, 15) is 4.79 Å². The number of amides is 1. The molecular formula is C12H13NO2. The van der Waals surface area contributed by atoms with E-state index in [1.807, 2.05) is 19.1 Å². The number of rotatable bonds is 1. The Morgan fingerprint density at radius 1 is 1.53 bits per heavy atom. The average Bonchev–Trinajstić information content (AvgIpc) is 2.27. The molecule has 0 fully saturated rings. The van der Waals surface area contributed by atoms with Gasteiger partial charge in [0.1, 0.15) is 6.61 Å². The molecule has 0 atom stereocenters. The monoisotopic (exact) mass is 203 g/mol. The molecule has 1 aromatic carbocycles. The first-order valence-electron chi connectivity index (χ1n) is 4.61. The lowest BCUT2D eigenvalue weighted by atomic mass is 10.0. The number of carbonyl (C=O) groups is 1. The van der Waals surface area contributed by atoms with E-state index in [-0.39, 0.29) is 12.5 Å². The first-order chi connectivity index (χ1) is 7.19. The molecule has 15 heavy (non-hydrogen) atoms. The fraction of sp³-hybridized carbons (Fsp3) is 0.250. The summed E-state index contributed by atoms with van der Waals surface area (Å²) in [6.07, 6.45) is 0.